The predicted molar refractivity (Wildman–Crippen MR) is 71.9 cm³/mol. The molecule has 0 aromatic carbocycles. The van der Waals surface area contributed by atoms with Gasteiger partial charge in [0.25, 0.3) is 0 Å². The monoisotopic (exact) mass is 298 g/mol. The van der Waals surface area contributed by atoms with Gasteiger partial charge in [-0.25, -0.2) is 4.98 Å². The molecule has 0 amide bonds. The van der Waals surface area contributed by atoms with Crippen molar-refractivity contribution in [3.8, 4) is 0 Å². The van der Waals surface area contributed by atoms with E-state index in [1.807, 2.05) is 12.3 Å². The number of pyridine rings is 1. The number of halogens is 1. The molecule has 94 valence electrons. The number of piperidine rings is 1. The second-order valence-electron chi connectivity index (χ2n) is 4.43. The van der Waals surface area contributed by atoms with Crippen molar-refractivity contribution in [1.82, 2.24) is 9.88 Å². The van der Waals surface area contributed by atoms with E-state index in [0.717, 1.165) is 29.6 Å². The standard InChI is InChI=1S/C13H19BrN2O/c1-2-16-7-5-12(6-8-16)17-10-11-3-4-13(14)15-9-11/h3-4,9,12H,2,5-8,10H2,1H3. The van der Waals surface area contributed by atoms with Crippen LogP contribution in [-0.2, 0) is 11.3 Å². The Kier molecular flexibility index (Phi) is 4.95. The Labute approximate surface area is 111 Å². The molecule has 3 nitrogen and oxygen atoms in total. The van der Waals surface area contributed by atoms with Crippen LogP contribution >= 0.6 is 15.9 Å². The lowest BCUT2D eigenvalue weighted by molar-refractivity contribution is -0.00154. The Morgan fingerprint density at radius 1 is 1.41 bits per heavy atom. The van der Waals surface area contributed by atoms with Crippen LogP contribution in [0.3, 0.4) is 0 Å². The Morgan fingerprint density at radius 2 is 2.18 bits per heavy atom. The summed E-state index contributed by atoms with van der Waals surface area (Å²) in [5.74, 6) is 0. The fourth-order valence-corrected chi connectivity index (χ4v) is 2.33. The van der Waals surface area contributed by atoms with Crippen LogP contribution in [0.5, 0.6) is 0 Å². The van der Waals surface area contributed by atoms with Crippen molar-refractivity contribution in [2.45, 2.75) is 32.5 Å². The van der Waals surface area contributed by atoms with Crippen molar-refractivity contribution in [3.63, 3.8) is 0 Å². The fraction of sp³-hybridized carbons (Fsp3) is 0.615. The van der Waals surface area contributed by atoms with Crippen molar-refractivity contribution in [2.75, 3.05) is 19.6 Å². The normalized spacial score (nSPS) is 18.5. The second kappa shape index (κ2) is 6.47. The molecule has 0 bridgehead atoms. The minimum absolute atomic E-state index is 0.418. The highest BCUT2D eigenvalue weighted by molar-refractivity contribution is 9.10. The number of likely N-dealkylation sites (tertiary alicyclic amines) is 1. The summed E-state index contributed by atoms with van der Waals surface area (Å²) in [5, 5.41) is 0. The Hall–Kier alpha value is -0.450. The highest BCUT2D eigenvalue weighted by atomic mass is 79.9. The zero-order valence-electron chi connectivity index (χ0n) is 10.2. The number of nitrogens with zero attached hydrogens (tertiary/aromatic N) is 2. The number of aromatic nitrogens is 1. The minimum Gasteiger partial charge on any atom is -0.373 e. The van der Waals surface area contributed by atoms with E-state index < -0.39 is 0 Å². The third-order valence-corrected chi connectivity index (χ3v) is 3.73. The summed E-state index contributed by atoms with van der Waals surface area (Å²) >= 11 is 3.33. The molecule has 0 N–H and O–H groups in total. The lowest BCUT2D eigenvalue weighted by atomic mass is 10.1. The highest BCUT2D eigenvalue weighted by Gasteiger charge is 2.18. The maximum Gasteiger partial charge on any atom is 0.106 e. The molecule has 1 aromatic heterocycles. The van der Waals surface area contributed by atoms with Crippen molar-refractivity contribution in [1.29, 1.82) is 0 Å². The van der Waals surface area contributed by atoms with Crippen molar-refractivity contribution in [3.05, 3.63) is 28.5 Å². The first-order chi connectivity index (χ1) is 8.28. The van der Waals surface area contributed by atoms with Crippen molar-refractivity contribution < 1.29 is 4.74 Å². The van der Waals surface area contributed by atoms with Gasteiger partial charge in [-0.05, 0) is 46.9 Å². The smallest absolute Gasteiger partial charge is 0.106 e. The van der Waals surface area contributed by atoms with E-state index in [9.17, 15) is 0 Å². The second-order valence-corrected chi connectivity index (χ2v) is 5.25. The van der Waals surface area contributed by atoms with Crippen LogP contribution in [0.4, 0.5) is 0 Å². The van der Waals surface area contributed by atoms with Crippen LogP contribution < -0.4 is 0 Å². The van der Waals surface area contributed by atoms with E-state index >= 15 is 0 Å². The van der Waals surface area contributed by atoms with Crippen molar-refractivity contribution >= 4 is 15.9 Å². The van der Waals surface area contributed by atoms with Gasteiger partial charge >= 0.3 is 0 Å². The lowest BCUT2D eigenvalue weighted by Gasteiger charge is -2.30. The van der Waals surface area contributed by atoms with Gasteiger partial charge in [0.05, 0.1) is 12.7 Å². The van der Waals surface area contributed by atoms with Gasteiger partial charge in [0.15, 0.2) is 0 Å². The number of rotatable bonds is 4. The van der Waals surface area contributed by atoms with Crippen molar-refractivity contribution in [2.24, 2.45) is 0 Å². The molecule has 0 unspecified atom stereocenters. The van der Waals surface area contributed by atoms with E-state index in [2.05, 4.69) is 38.8 Å². The number of hydrogen-bond donors (Lipinski definition) is 0. The summed E-state index contributed by atoms with van der Waals surface area (Å²) < 4.78 is 6.79. The molecule has 17 heavy (non-hydrogen) atoms. The first kappa shape index (κ1) is 13.0. The Bertz CT molecular complexity index is 334. The average molecular weight is 299 g/mol. The summed E-state index contributed by atoms with van der Waals surface area (Å²) in [5.41, 5.74) is 1.14. The quantitative estimate of drug-likeness (QED) is 0.799. The highest BCUT2D eigenvalue weighted by Crippen LogP contribution is 2.15. The predicted octanol–water partition coefficient (Wildman–Crippen LogP) is 2.85. The largest absolute Gasteiger partial charge is 0.373 e. The Balaban J connectivity index is 1.74. The van der Waals surface area contributed by atoms with Crippen LogP contribution in [0.1, 0.15) is 25.3 Å². The molecule has 1 aromatic rings. The Morgan fingerprint density at radius 3 is 2.76 bits per heavy atom. The van der Waals surface area contributed by atoms with E-state index in [4.69, 9.17) is 4.74 Å². The molecule has 2 heterocycles. The van der Waals surface area contributed by atoms with Gasteiger partial charge in [0, 0.05) is 19.3 Å². The summed E-state index contributed by atoms with van der Waals surface area (Å²) in [4.78, 5) is 6.67. The van der Waals surface area contributed by atoms with Gasteiger partial charge in [-0.3, -0.25) is 0 Å². The summed E-state index contributed by atoms with van der Waals surface area (Å²) in [6, 6.07) is 4.01. The molecule has 0 aliphatic carbocycles. The zero-order valence-corrected chi connectivity index (χ0v) is 11.8. The van der Waals surface area contributed by atoms with Gasteiger partial charge in [-0.15, -0.1) is 0 Å². The first-order valence-electron chi connectivity index (χ1n) is 6.22. The number of ether oxygens (including phenoxy) is 1. The molecule has 1 aliphatic heterocycles. The maximum absolute atomic E-state index is 5.92. The fourth-order valence-electron chi connectivity index (χ4n) is 2.10. The number of hydrogen-bond acceptors (Lipinski definition) is 3. The van der Waals surface area contributed by atoms with Crippen LogP contribution in [0.25, 0.3) is 0 Å². The molecule has 0 radical (unpaired) electrons. The molecule has 0 spiro atoms. The molecular formula is C13H19BrN2O. The molecular weight excluding hydrogens is 280 g/mol. The van der Waals surface area contributed by atoms with E-state index in [-0.39, 0.29) is 0 Å². The van der Waals surface area contributed by atoms with E-state index in [1.165, 1.54) is 13.1 Å². The maximum atomic E-state index is 5.92. The third kappa shape index (κ3) is 4.05. The van der Waals surface area contributed by atoms with Crippen LogP contribution in [0.15, 0.2) is 22.9 Å². The molecule has 1 aliphatic rings. The lowest BCUT2D eigenvalue weighted by Crippen LogP contribution is -2.36. The molecule has 1 saturated heterocycles. The van der Waals surface area contributed by atoms with Gasteiger partial charge < -0.3 is 9.64 Å². The van der Waals surface area contributed by atoms with Crippen LogP contribution in [0, 0.1) is 0 Å². The van der Waals surface area contributed by atoms with Gasteiger partial charge in [-0.1, -0.05) is 13.0 Å². The first-order valence-corrected chi connectivity index (χ1v) is 7.01. The topological polar surface area (TPSA) is 25.4 Å². The van der Waals surface area contributed by atoms with Crippen LogP contribution in [0.2, 0.25) is 0 Å². The minimum atomic E-state index is 0.418. The SMILES string of the molecule is CCN1CCC(OCc2ccc(Br)nc2)CC1. The van der Waals surface area contributed by atoms with Gasteiger partial charge in [0.2, 0.25) is 0 Å². The van der Waals surface area contributed by atoms with Gasteiger partial charge in [-0.2, -0.15) is 0 Å². The molecule has 0 atom stereocenters. The van der Waals surface area contributed by atoms with Gasteiger partial charge in [0.1, 0.15) is 4.60 Å². The van der Waals surface area contributed by atoms with E-state index in [0.29, 0.717) is 12.7 Å². The summed E-state index contributed by atoms with van der Waals surface area (Å²) in [7, 11) is 0. The third-order valence-electron chi connectivity index (χ3n) is 3.26. The summed E-state index contributed by atoms with van der Waals surface area (Å²) in [6.07, 6.45) is 4.59. The average Bonchev–Trinajstić information content (AvgIpc) is 2.39. The molecule has 0 saturated carbocycles. The molecule has 4 heteroatoms. The zero-order chi connectivity index (χ0) is 12.1. The summed E-state index contributed by atoms with van der Waals surface area (Å²) in [6.45, 7) is 6.38. The molecule has 1 fully saturated rings. The van der Waals surface area contributed by atoms with E-state index in [1.54, 1.807) is 0 Å². The molecule has 2 rings (SSSR count). The van der Waals surface area contributed by atoms with Crippen LogP contribution in [-0.4, -0.2) is 35.6 Å².